The van der Waals surface area contributed by atoms with Gasteiger partial charge < -0.3 is 5.11 Å². The number of carboxylic acids is 1. The maximum atomic E-state index is 14.0. The molecule has 0 aliphatic heterocycles. The molecule has 1 heterocycles. The van der Waals surface area contributed by atoms with E-state index in [1.165, 1.54) is 24.8 Å². The molecule has 0 amide bonds. The maximum absolute atomic E-state index is 14.0. The summed E-state index contributed by atoms with van der Waals surface area (Å²) in [6.07, 6.45) is 4.81. The van der Waals surface area contributed by atoms with Crippen LogP contribution in [0.5, 0.6) is 0 Å². The van der Waals surface area contributed by atoms with E-state index in [1.54, 1.807) is 19.1 Å². The number of rotatable bonds is 4. The fourth-order valence-electron chi connectivity index (χ4n) is 1.97. The van der Waals surface area contributed by atoms with Crippen molar-refractivity contribution in [1.82, 2.24) is 9.97 Å². The van der Waals surface area contributed by atoms with Gasteiger partial charge >= 0.3 is 5.97 Å². The molecule has 0 fully saturated rings. The number of aromatic nitrogens is 2. The molecule has 0 aliphatic carbocycles. The highest BCUT2D eigenvalue weighted by Crippen LogP contribution is 2.27. The Morgan fingerprint density at radius 2 is 2.05 bits per heavy atom. The molecule has 19 heavy (non-hydrogen) atoms. The van der Waals surface area contributed by atoms with Crippen LogP contribution in [0.4, 0.5) is 4.39 Å². The van der Waals surface area contributed by atoms with Crippen LogP contribution in [0.2, 0.25) is 0 Å². The number of aliphatic carboxylic acids is 1. The topological polar surface area (TPSA) is 63.1 Å². The van der Waals surface area contributed by atoms with Crippen LogP contribution in [0.1, 0.15) is 24.8 Å². The molecule has 1 aromatic carbocycles. The summed E-state index contributed by atoms with van der Waals surface area (Å²) < 4.78 is 14.0. The molecule has 0 unspecified atom stereocenters. The molecule has 0 radical (unpaired) electrons. The molecular weight excluding hydrogens is 247 g/mol. The van der Waals surface area contributed by atoms with Crippen LogP contribution in [0.15, 0.2) is 36.9 Å². The average Bonchev–Trinajstić information content (AvgIpc) is 2.40. The lowest BCUT2D eigenvalue weighted by Gasteiger charge is -2.11. The van der Waals surface area contributed by atoms with E-state index in [2.05, 4.69) is 9.97 Å². The first kappa shape index (κ1) is 13.1. The zero-order valence-corrected chi connectivity index (χ0v) is 10.4. The lowest BCUT2D eigenvalue weighted by molar-refractivity contribution is -0.138. The van der Waals surface area contributed by atoms with Crippen LogP contribution in [-0.2, 0) is 4.79 Å². The fraction of sp³-hybridized carbons (Fsp3) is 0.214. The van der Waals surface area contributed by atoms with E-state index < -0.39 is 17.7 Å². The van der Waals surface area contributed by atoms with Crippen LogP contribution >= 0.6 is 0 Å². The maximum Gasteiger partial charge on any atom is 0.310 e. The van der Waals surface area contributed by atoms with Crippen LogP contribution in [0, 0.1) is 5.82 Å². The molecule has 98 valence electrons. The molecular formula is C14H13FN2O2. The van der Waals surface area contributed by atoms with E-state index in [-0.39, 0.29) is 0 Å². The monoisotopic (exact) mass is 260 g/mol. The second-order valence-corrected chi connectivity index (χ2v) is 4.17. The second kappa shape index (κ2) is 5.56. The predicted molar refractivity (Wildman–Crippen MR) is 68.1 cm³/mol. The first-order valence-electron chi connectivity index (χ1n) is 5.91. The number of benzene rings is 1. The van der Waals surface area contributed by atoms with Gasteiger partial charge in [-0.15, -0.1) is 0 Å². The van der Waals surface area contributed by atoms with E-state index in [9.17, 15) is 9.18 Å². The Kier molecular flexibility index (Phi) is 3.85. The van der Waals surface area contributed by atoms with Crippen LogP contribution in [0.25, 0.3) is 11.1 Å². The van der Waals surface area contributed by atoms with Gasteiger partial charge in [-0.3, -0.25) is 4.79 Å². The van der Waals surface area contributed by atoms with Crippen molar-refractivity contribution in [2.75, 3.05) is 0 Å². The Morgan fingerprint density at radius 3 is 2.58 bits per heavy atom. The number of nitrogens with zero attached hydrogens (tertiary/aromatic N) is 2. The smallest absolute Gasteiger partial charge is 0.310 e. The van der Waals surface area contributed by atoms with Gasteiger partial charge in [0.25, 0.3) is 0 Å². The lowest BCUT2D eigenvalue weighted by atomic mass is 9.94. The Hall–Kier alpha value is -2.30. The van der Waals surface area contributed by atoms with Crippen molar-refractivity contribution >= 4 is 5.97 Å². The second-order valence-electron chi connectivity index (χ2n) is 4.17. The van der Waals surface area contributed by atoms with Crippen molar-refractivity contribution < 1.29 is 14.3 Å². The fourth-order valence-corrected chi connectivity index (χ4v) is 1.97. The molecule has 1 atom stereocenters. The predicted octanol–water partition coefficient (Wildman–Crippen LogP) is 2.86. The first-order chi connectivity index (χ1) is 9.13. The molecule has 2 rings (SSSR count). The molecule has 2 aromatic rings. The molecule has 0 saturated heterocycles. The van der Waals surface area contributed by atoms with Crippen molar-refractivity contribution in [3.8, 4) is 11.1 Å². The summed E-state index contributed by atoms with van der Waals surface area (Å²) in [6, 6.07) is 4.47. The highest BCUT2D eigenvalue weighted by atomic mass is 19.1. The SMILES string of the molecule is CC[C@@H](C(=O)O)c1ccc(-c2cncnc2)c(F)c1. The van der Waals surface area contributed by atoms with Crippen LogP contribution < -0.4 is 0 Å². The zero-order chi connectivity index (χ0) is 13.8. The third-order valence-electron chi connectivity index (χ3n) is 2.97. The summed E-state index contributed by atoms with van der Waals surface area (Å²) in [7, 11) is 0. The van der Waals surface area contributed by atoms with Crippen molar-refractivity contribution in [2.45, 2.75) is 19.3 Å². The highest BCUT2D eigenvalue weighted by molar-refractivity contribution is 5.76. The third kappa shape index (κ3) is 2.76. The normalized spacial score (nSPS) is 12.1. The van der Waals surface area contributed by atoms with Gasteiger partial charge in [0.2, 0.25) is 0 Å². The highest BCUT2D eigenvalue weighted by Gasteiger charge is 2.19. The molecule has 0 aliphatic rings. The lowest BCUT2D eigenvalue weighted by Crippen LogP contribution is -2.10. The van der Waals surface area contributed by atoms with E-state index in [4.69, 9.17) is 5.11 Å². The molecule has 0 spiro atoms. The minimum atomic E-state index is -0.947. The molecule has 1 aromatic heterocycles. The van der Waals surface area contributed by atoms with Crippen molar-refractivity contribution in [3.05, 3.63) is 48.3 Å². The Balaban J connectivity index is 2.40. The first-order valence-corrected chi connectivity index (χ1v) is 5.91. The molecule has 0 bridgehead atoms. The Bertz CT molecular complexity index is 587. The summed E-state index contributed by atoms with van der Waals surface area (Å²) >= 11 is 0. The molecule has 1 N–H and O–H groups in total. The average molecular weight is 260 g/mol. The van der Waals surface area contributed by atoms with E-state index in [1.807, 2.05) is 0 Å². The molecule has 4 nitrogen and oxygen atoms in total. The van der Waals surface area contributed by atoms with Gasteiger partial charge in [-0.25, -0.2) is 14.4 Å². The number of hydrogen-bond acceptors (Lipinski definition) is 3. The number of halogens is 1. The van der Waals surface area contributed by atoms with Gasteiger partial charge in [-0.2, -0.15) is 0 Å². The van der Waals surface area contributed by atoms with E-state index in [0.717, 1.165) is 0 Å². The quantitative estimate of drug-likeness (QED) is 0.918. The summed E-state index contributed by atoms with van der Waals surface area (Å²) in [5.74, 6) is -2.10. The van der Waals surface area contributed by atoms with Gasteiger partial charge in [-0.1, -0.05) is 19.1 Å². The summed E-state index contributed by atoms with van der Waals surface area (Å²) in [6.45, 7) is 1.76. The Labute approximate surface area is 110 Å². The number of carboxylic acid groups (broad SMARTS) is 1. The van der Waals surface area contributed by atoms with E-state index in [0.29, 0.717) is 23.1 Å². The summed E-state index contributed by atoms with van der Waals surface area (Å²) in [4.78, 5) is 18.7. The van der Waals surface area contributed by atoms with Crippen molar-refractivity contribution in [2.24, 2.45) is 0 Å². The molecule has 5 heteroatoms. The number of carbonyl (C=O) groups is 1. The van der Waals surface area contributed by atoms with Gasteiger partial charge in [-0.05, 0) is 18.1 Å². The minimum Gasteiger partial charge on any atom is -0.481 e. The molecule has 0 saturated carbocycles. The van der Waals surface area contributed by atoms with Gasteiger partial charge in [0.1, 0.15) is 12.1 Å². The summed E-state index contributed by atoms with van der Waals surface area (Å²) in [5, 5.41) is 9.06. The third-order valence-corrected chi connectivity index (χ3v) is 2.97. The van der Waals surface area contributed by atoms with Crippen LogP contribution in [0.3, 0.4) is 0 Å². The standard InChI is InChI=1S/C14H13FN2O2/c1-2-11(14(18)19)9-3-4-12(13(15)5-9)10-6-16-8-17-7-10/h3-8,11H,2H2,1H3,(H,18,19)/t11-/m1/s1. The largest absolute Gasteiger partial charge is 0.481 e. The van der Waals surface area contributed by atoms with Gasteiger partial charge in [0.05, 0.1) is 5.92 Å². The van der Waals surface area contributed by atoms with Crippen molar-refractivity contribution in [3.63, 3.8) is 0 Å². The van der Waals surface area contributed by atoms with Gasteiger partial charge in [0, 0.05) is 23.5 Å². The Morgan fingerprint density at radius 1 is 1.37 bits per heavy atom. The minimum absolute atomic E-state index is 0.365. The van der Waals surface area contributed by atoms with Gasteiger partial charge in [0.15, 0.2) is 0 Å². The zero-order valence-electron chi connectivity index (χ0n) is 10.4. The summed E-state index contributed by atoms with van der Waals surface area (Å²) in [5.41, 5.74) is 1.40. The van der Waals surface area contributed by atoms with Crippen molar-refractivity contribution in [1.29, 1.82) is 0 Å². The van der Waals surface area contributed by atoms with E-state index >= 15 is 0 Å². The number of hydrogen-bond donors (Lipinski definition) is 1. The van der Waals surface area contributed by atoms with Crippen LogP contribution in [-0.4, -0.2) is 21.0 Å².